The summed E-state index contributed by atoms with van der Waals surface area (Å²) < 4.78 is 20.4. The van der Waals surface area contributed by atoms with Gasteiger partial charge in [0.05, 0.1) is 0 Å². The molecule has 84 valence electrons. The molecule has 0 heterocycles. The molecule has 0 radical (unpaired) electrons. The maximum absolute atomic E-state index is 11.2. The Morgan fingerprint density at radius 1 is 1.29 bits per heavy atom. The second kappa shape index (κ2) is 6.01. The zero-order valence-electron chi connectivity index (χ0n) is 9.00. The predicted octanol–water partition coefficient (Wildman–Crippen LogP) is 0.540. The minimum atomic E-state index is -2.31. The molecule has 0 aliphatic heterocycles. The van der Waals surface area contributed by atoms with Crippen molar-refractivity contribution in [1.29, 1.82) is 0 Å². The fourth-order valence-corrected chi connectivity index (χ4v) is 1.40. The number of hydrogen-bond acceptors (Lipinski definition) is 3. The molecule has 0 saturated carbocycles. The number of carbonyl (C=O) groups excluding carboxylic acids is 1. The van der Waals surface area contributed by atoms with Crippen molar-refractivity contribution < 1.29 is 13.2 Å². The van der Waals surface area contributed by atoms with Crippen LogP contribution in [-0.4, -0.2) is 26.6 Å². The van der Waals surface area contributed by atoms with Crippen molar-refractivity contribution in [2.24, 2.45) is 5.41 Å². The molecule has 0 fully saturated rings. The van der Waals surface area contributed by atoms with Gasteiger partial charge in [-0.25, -0.2) is 8.42 Å². The minimum Gasteiger partial charge on any atom is -0.356 e. The highest BCUT2D eigenvalue weighted by Gasteiger charge is 2.14. The number of hydrogen-bond donors (Lipinski definition) is 2. The summed E-state index contributed by atoms with van der Waals surface area (Å²) in [5.41, 5.74) is -0.0201. The molecular formula is C9H19NO3S. The Labute approximate surface area is 87.0 Å². The summed E-state index contributed by atoms with van der Waals surface area (Å²) in [7, 11) is -2.31. The standard InChI is InChI=1S/C9H19NO3S/c1-9(2,3)7-8(11)10-5-4-6-14(12)13/h14H,4-7H2,1-3H3,(H,10,11). The first-order valence-electron chi connectivity index (χ1n) is 4.70. The molecule has 5 heteroatoms. The highest BCUT2D eigenvalue weighted by molar-refractivity contribution is 7.72. The Bertz CT molecular complexity index is 245. The van der Waals surface area contributed by atoms with Crippen LogP contribution < -0.4 is 5.32 Å². The van der Waals surface area contributed by atoms with Crippen LogP contribution in [0.1, 0.15) is 33.6 Å². The Kier molecular flexibility index (Phi) is 5.76. The van der Waals surface area contributed by atoms with E-state index in [0.29, 0.717) is 19.4 Å². The number of rotatable bonds is 5. The lowest BCUT2D eigenvalue weighted by Gasteiger charge is -2.16. The summed E-state index contributed by atoms with van der Waals surface area (Å²) in [6.45, 7) is 6.40. The zero-order chi connectivity index (χ0) is 11.2. The molecule has 0 saturated heterocycles. The molecule has 0 rings (SSSR count). The molecule has 1 amide bonds. The van der Waals surface area contributed by atoms with Gasteiger partial charge in [-0.1, -0.05) is 20.8 Å². The fourth-order valence-electron chi connectivity index (χ4n) is 0.980. The quantitative estimate of drug-likeness (QED) is 0.526. The van der Waals surface area contributed by atoms with Crippen LogP contribution in [-0.2, 0) is 15.5 Å². The number of carbonyl (C=O) groups is 1. The average Bonchev–Trinajstić information content (AvgIpc) is 1.94. The van der Waals surface area contributed by atoms with Crippen molar-refractivity contribution in [1.82, 2.24) is 5.32 Å². The smallest absolute Gasteiger partial charge is 0.220 e. The van der Waals surface area contributed by atoms with E-state index >= 15 is 0 Å². The molecule has 0 bridgehead atoms. The van der Waals surface area contributed by atoms with E-state index in [-0.39, 0.29) is 17.1 Å². The number of nitrogens with one attached hydrogen (secondary N) is 1. The third-order valence-electron chi connectivity index (χ3n) is 1.53. The van der Waals surface area contributed by atoms with Gasteiger partial charge >= 0.3 is 0 Å². The van der Waals surface area contributed by atoms with Gasteiger partial charge in [-0.05, 0) is 11.8 Å². The van der Waals surface area contributed by atoms with Gasteiger partial charge in [-0.15, -0.1) is 0 Å². The Hall–Kier alpha value is -0.580. The zero-order valence-corrected chi connectivity index (χ0v) is 9.89. The molecule has 0 spiro atoms. The Balaban J connectivity index is 3.55. The Morgan fingerprint density at radius 3 is 2.29 bits per heavy atom. The van der Waals surface area contributed by atoms with Gasteiger partial charge in [0.15, 0.2) is 0 Å². The first-order valence-corrected chi connectivity index (χ1v) is 6.06. The first-order chi connectivity index (χ1) is 6.31. The third-order valence-corrected chi connectivity index (χ3v) is 2.21. The topological polar surface area (TPSA) is 63.2 Å². The van der Waals surface area contributed by atoms with Crippen molar-refractivity contribution in [3.8, 4) is 0 Å². The summed E-state index contributed by atoms with van der Waals surface area (Å²) >= 11 is 0. The minimum absolute atomic E-state index is 0.0152. The largest absolute Gasteiger partial charge is 0.356 e. The molecule has 14 heavy (non-hydrogen) atoms. The van der Waals surface area contributed by atoms with E-state index < -0.39 is 10.7 Å². The SMILES string of the molecule is CC(C)(C)CC(=O)NCCC[SH](=O)=O. The van der Waals surface area contributed by atoms with E-state index in [4.69, 9.17) is 0 Å². The van der Waals surface area contributed by atoms with Gasteiger partial charge in [0, 0.05) is 18.7 Å². The lowest BCUT2D eigenvalue weighted by molar-refractivity contribution is -0.122. The van der Waals surface area contributed by atoms with E-state index in [2.05, 4.69) is 5.32 Å². The molecule has 0 unspecified atom stereocenters. The second-order valence-electron chi connectivity index (χ2n) is 4.50. The molecular weight excluding hydrogens is 202 g/mol. The van der Waals surface area contributed by atoms with Crippen LogP contribution in [0.3, 0.4) is 0 Å². The van der Waals surface area contributed by atoms with Crippen molar-refractivity contribution in [3.05, 3.63) is 0 Å². The van der Waals surface area contributed by atoms with Crippen LogP contribution in [0.15, 0.2) is 0 Å². The van der Waals surface area contributed by atoms with Gasteiger partial charge in [0.2, 0.25) is 5.91 Å². The van der Waals surface area contributed by atoms with Crippen LogP contribution >= 0.6 is 0 Å². The molecule has 0 atom stereocenters. The number of thiol groups is 1. The van der Waals surface area contributed by atoms with Gasteiger partial charge in [0.1, 0.15) is 10.7 Å². The van der Waals surface area contributed by atoms with E-state index in [1.807, 2.05) is 20.8 Å². The van der Waals surface area contributed by atoms with Crippen molar-refractivity contribution in [3.63, 3.8) is 0 Å². The maximum Gasteiger partial charge on any atom is 0.220 e. The second-order valence-corrected chi connectivity index (χ2v) is 5.61. The van der Waals surface area contributed by atoms with Crippen molar-refractivity contribution in [2.75, 3.05) is 12.3 Å². The van der Waals surface area contributed by atoms with Gasteiger partial charge in [0.25, 0.3) is 0 Å². The highest BCUT2D eigenvalue weighted by atomic mass is 32.2. The average molecular weight is 221 g/mol. The molecule has 0 aliphatic rings. The fraction of sp³-hybridized carbons (Fsp3) is 0.889. The third kappa shape index (κ3) is 9.51. The van der Waals surface area contributed by atoms with Crippen LogP contribution in [0.2, 0.25) is 0 Å². The van der Waals surface area contributed by atoms with Crippen LogP contribution in [0, 0.1) is 5.41 Å². The van der Waals surface area contributed by atoms with Gasteiger partial charge < -0.3 is 5.32 Å². The van der Waals surface area contributed by atoms with E-state index in [0.717, 1.165) is 0 Å². The summed E-state index contributed by atoms with van der Waals surface area (Å²) in [5, 5.41) is 2.69. The van der Waals surface area contributed by atoms with E-state index in [9.17, 15) is 13.2 Å². The molecule has 4 nitrogen and oxygen atoms in total. The Morgan fingerprint density at radius 2 is 1.86 bits per heavy atom. The monoisotopic (exact) mass is 221 g/mol. The normalized spacial score (nSPS) is 11.7. The van der Waals surface area contributed by atoms with Crippen molar-refractivity contribution >= 4 is 16.6 Å². The summed E-state index contributed by atoms with van der Waals surface area (Å²) in [6.07, 6.45) is 0.963. The molecule has 0 aromatic rings. The van der Waals surface area contributed by atoms with E-state index in [1.54, 1.807) is 0 Å². The molecule has 0 aromatic carbocycles. The summed E-state index contributed by atoms with van der Waals surface area (Å²) in [4.78, 5) is 11.2. The van der Waals surface area contributed by atoms with Crippen molar-refractivity contribution in [2.45, 2.75) is 33.6 Å². The lowest BCUT2D eigenvalue weighted by atomic mass is 9.92. The van der Waals surface area contributed by atoms with E-state index in [1.165, 1.54) is 0 Å². The van der Waals surface area contributed by atoms with Crippen LogP contribution in [0.4, 0.5) is 0 Å². The maximum atomic E-state index is 11.2. The summed E-state index contributed by atoms with van der Waals surface area (Å²) in [5.74, 6) is 0.129. The molecule has 0 aliphatic carbocycles. The highest BCUT2D eigenvalue weighted by Crippen LogP contribution is 2.17. The van der Waals surface area contributed by atoms with Gasteiger partial charge in [-0.3, -0.25) is 4.79 Å². The molecule has 0 aromatic heterocycles. The molecule has 1 N–H and O–H groups in total. The van der Waals surface area contributed by atoms with Crippen LogP contribution in [0.5, 0.6) is 0 Å². The first kappa shape index (κ1) is 13.4. The van der Waals surface area contributed by atoms with Gasteiger partial charge in [-0.2, -0.15) is 0 Å². The predicted molar refractivity (Wildman–Crippen MR) is 56.9 cm³/mol. The number of amides is 1. The lowest BCUT2D eigenvalue weighted by Crippen LogP contribution is -2.28. The van der Waals surface area contributed by atoms with Crippen LogP contribution in [0.25, 0.3) is 0 Å². The summed E-state index contributed by atoms with van der Waals surface area (Å²) in [6, 6.07) is 0.